The number of halogens is 3. The van der Waals surface area contributed by atoms with Gasteiger partial charge in [0, 0.05) is 19.3 Å². The molecule has 4 nitrogen and oxygen atoms in total. The second kappa shape index (κ2) is 5.13. The van der Waals surface area contributed by atoms with Gasteiger partial charge in [0.05, 0.1) is 17.4 Å². The maximum absolute atomic E-state index is 12.4. The van der Waals surface area contributed by atoms with Gasteiger partial charge in [0.2, 0.25) is 0 Å². The lowest BCUT2D eigenvalue weighted by Gasteiger charge is -2.28. The van der Waals surface area contributed by atoms with E-state index in [4.69, 9.17) is 5.73 Å². The molecule has 0 aliphatic heterocycles. The molecule has 0 bridgehead atoms. The average Bonchev–Trinajstić information content (AvgIpc) is 2.93. The van der Waals surface area contributed by atoms with E-state index >= 15 is 0 Å². The number of hydrogen-bond donors (Lipinski definition) is 2. The Morgan fingerprint density at radius 1 is 1.53 bits per heavy atom. The van der Waals surface area contributed by atoms with Crippen LogP contribution in [0.5, 0.6) is 0 Å². The van der Waals surface area contributed by atoms with Gasteiger partial charge in [-0.05, 0) is 25.2 Å². The molecule has 1 aliphatic rings. The minimum Gasteiger partial charge on any atom is -0.388 e. The van der Waals surface area contributed by atoms with Gasteiger partial charge in [-0.3, -0.25) is 4.68 Å². The highest BCUT2D eigenvalue weighted by atomic mass is 19.4. The van der Waals surface area contributed by atoms with Crippen LogP contribution in [-0.2, 0) is 12.7 Å². The minimum absolute atomic E-state index is 0.0380. The summed E-state index contributed by atoms with van der Waals surface area (Å²) in [7, 11) is 0. The molecule has 3 N–H and O–H groups in total. The van der Waals surface area contributed by atoms with Crippen molar-refractivity contribution in [1.29, 1.82) is 0 Å². The van der Waals surface area contributed by atoms with E-state index in [9.17, 15) is 18.3 Å². The lowest BCUT2D eigenvalue weighted by molar-refractivity contribution is -0.137. The largest absolute Gasteiger partial charge is 0.419 e. The Morgan fingerprint density at radius 3 is 2.84 bits per heavy atom. The number of aliphatic hydroxyl groups is 1. The summed E-state index contributed by atoms with van der Waals surface area (Å²) in [5.74, 6) is 0.0380. The predicted octanol–water partition coefficient (Wildman–Crippen LogP) is 1.78. The maximum Gasteiger partial charge on any atom is 0.419 e. The first-order valence-electron chi connectivity index (χ1n) is 6.37. The summed E-state index contributed by atoms with van der Waals surface area (Å²) in [4.78, 5) is 0. The predicted molar refractivity (Wildman–Crippen MR) is 63.2 cm³/mol. The Kier molecular flexibility index (Phi) is 3.87. The fraction of sp³-hybridized carbons (Fsp3) is 0.750. The summed E-state index contributed by atoms with van der Waals surface area (Å²) >= 11 is 0. The Hall–Kier alpha value is -1.08. The number of hydrogen-bond acceptors (Lipinski definition) is 3. The molecule has 1 saturated carbocycles. The van der Waals surface area contributed by atoms with Crippen LogP contribution in [0.2, 0.25) is 0 Å². The molecule has 19 heavy (non-hydrogen) atoms. The first kappa shape index (κ1) is 14.3. The van der Waals surface area contributed by atoms with E-state index in [1.54, 1.807) is 0 Å². The quantitative estimate of drug-likeness (QED) is 0.881. The third-order valence-electron chi connectivity index (χ3n) is 3.94. The van der Waals surface area contributed by atoms with Crippen LogP contribution in [0.4, 0.5) is 13.2 Å². The van der Waals surface area contributed by atoms with Crippen molar-refractivity contribution >= 4 is 0 Å². The van der Waals surface area contributed by atoms with Gasteiger partial charge >= 0.3 is 6.18 Å². The summed E-state index contributed by atoms with van der Waals surface area (Å²) in [6, 6.07) is 0. The van der Waals surface area contributed by atoms with Crippen molar-refractivity contribution < 1.29 is 18.3 Å². The van der Waals surface area contributed by atoms with Gasteiger partial charge < -0.3 is 10.8 Å². The molecule has 1 aliphatic carbocycles. The first-order valence-corrected chi connectivity index (χ1v) is 6.37. The van der Waals surface area contributed by atoms with E-state index in [1.807, 2.05) is 0 Å². The van der Waals surface area contributed by atoms with Crippen LogP contribution >= 0.6 is 0 Å². The Labute approximate surface area is 109 Å². The van der Waals surface area contributed by atoms with Gasteiger partial charge in [-0.2, -0.15) is 18.3 Å². The van der Waals surface area contributed by atoms with Crippen molar-refractivity contribution in [3.05, 3.63) is 18.0 Å². The molecule has 2 rings (SSSR count). The monoisotopic (exact) mass is 277 g/mol. The summed E-state index contributed by atoms with van der Waals surface area (Å²) in [5, 5.41) is 13.9. The van der Waals surface area contributed by atoms with Crippen LogP contribution in [0.25, 0.3) is 0 Å². The molecule has 0 amide bonds. The average molecular weight is 277 g/mol. The number of aromatic nitrogens is 2. The molecule has 1 aromatic rings. The van der Waals surface area contributed by atoms with Crippen LogP contribution in [0.3, 0.4) is 0 Å². The van der Waals surface area contributed by atoms with E-state index in [0.29, 0.717) is 19.4 Å². The molecule has 0 aromatic carbocycles. The van der Waals surface area contributed by atoms with E-state index in [2.05, 4.69) is 5.10 Å². The molecule has 7 heteroatoms. The van der Waals surface area contributed by atoms with E-state index in [1.165, 1.54) is 4.68 Å². The fourth-order valence-electron chi connectivity index (χ4n) is 2.73. The second-order valence-corrected chi connectivity index (χ2v) is 5.18. The maximum atomic E-state index is 12.4. The van der Waals surface area contributed by atoms with Gasteiger partial charge in [-0.25, -0.2) is 0 Å². The number of nitrogens with zero attached hydrogens (tertiary/aromatic N) is 2. The summed E-state index contributed by atoms with van der Waals surface area (Å²) in [6.45, 7) is 0.563. The van der Waals surface area contributed by atoms with E-state index < -0.39 is 17.3 Å². The molecular formula is C12H18F3N3O. The molecular weight excluding hydrogens is 259 g/mol. The van der Waals surface area contributed by atoms with Crippen molar-refractivity contribution in [1.82, 2.24) is 9.78 Å². The highest BCUT2D eigenvalue weighted by Gasteiger charge is 2.39. The lowest BCUT2D eigenvalue weighted by Crippen LogP contribution is -2.41. The normalized spacial score (nSPS) is 27.9. The molecule has 108 valence electrons. The summed E-state index contributed by atoms with van der Waals surface area (Å²) in [6.07, 6.45) is 0.490. The smallest absolute Gasteiger partial charge is 0.388 e. The summed E-state index contributed by atoms with van der Waals surface area (Å²) < 4.78 is 38.5. The van der Waals surface area contributed by atoms with Crippen LogP contribution in [0.1, 0.15) is 31.2 Å². The Morgan fingerprint density at radius 2 is 2.26 bits per heavy atom. The van der Waals surface area contributed by atoms with Crippen molar-refractivity contribution in [2.45, 2.75) is 44.0 Å². The zero-order chi connectivity index (χ0) is 14.1. The Balaban J connectivity index is 1.94. The molecule has 2 atom stereocenters. The molecule has 0 saturated heterocycles. The molecule has 1 heterocycles. The first-order chi connectivity index (χ1) is 8.85. The van der Waals surface area contributed by atoms with Gasteiger partial charge in [0.15, 0.2) is 0 Å². The van der Waals surface area contributed by atoms with Crippen molar-refractivity contribution in [2.75, 3.05) is 6.54 Å². The standard InChI is InChI=1S/C12H18F3N3O/c13-12(14,15)10-6-17-18(7-10)5-3-9-2-1-4-11(9,19)8-16/h6-7,9,19H,1-5,8,16H2. The SMILES string of the molecule is NCC1(O)CCCC1CCn1cc(C(F)(F)F)cn1. The van der Waals surface area contributed by atoms with Gasteiger partial charge in [0.1, 0.15) is 0 Å². The van der Waals surface area contributed by atoms with Gasteiger partial charge in [-0.1, -0.05) is 6.42 Å². The second-order valence-electron chi connectivity index (χ2n) is 5.18. The van der Waals surface area contributed by atoms with E-state index in [-0.39, 0.29) is 12.5 Å². The zero-order valence-electron chi connectivity index (χ0n) is 10.5. The molecule has 0 radical (unpaired) electrons. The molecule has 1 fully saturated rings. The lowest BCUT2D eigenvalue weighted by atomic mass is 9.88. The molecule has 2 unspecified atom stereocenters. The highest BCUT2D eigenvalue weighted by molar-refractivity contribution is 5.08. The zero-order valence-corrected chi connectivity index (χ0v) is 10.5. The van der Waals surface area contributed by atoms with Crippen molar-refractivity contribution in [2.24, 2.45) is 11.7 Å². The van der Waals surface area contributed by atoms with Crippen molar-refractivity contribution in [3.63, 3.8) is 0 Å². The van der Waals surface area contributed by atoms with Gasteiger partial charge in [-0.15, -0.1) is 0 Å². The number of aryl methyl sites for hydroxylation is 1. The number of rotatable bonds is 4. The van der Waals surface area contributed by atoms with Crippen LogP contribution in [0.15, 0.2) is 12.4 Å². The molecule has 1 aromatic heterocycles. The third kappa shape index (κ3) is 3.09. The fourth-order valence-corrected chi connectivity index (χ4v) is 2.73. The number of alkyl halides is 3. The van der Waals surface area contributed by atoms with Crippen LogP contribution in [0, 0.1) is 5.92 Å². The number of nitrogens with two attached hydrogens (primary N) is 1. The van der Waals surface area contributed by atoms with Crippen LogP contribution in [-0.4, -0.2) is 27.0 Å². The van der Waals surface area contributed by atoms with Gasteiger partial charge in [0.25, 0.3) is 0 Å². The van der Waals surface area contributed by atoms with E-state index in [0.717, 1.165) is 25.2 Å². The summed E-state index contributed by atoms with van der Waals surface area (Å²) in [5.41, 5.74) is 3.96. The van der Waals surface area contributed by atoms with Crippen LogP contribution < -0.4 is 5.73 Å². The third-order valence-corrected chi connectivity index (χ3v) is 3.94. The highest BCUT2D eigenvalue weighted by Crippen LogP contribution is 2.37. The molecule has 0 spiro atoms. The minimum atomic E-state index is -4.36. The Bertz CT molecular complexity index is 432. The topological polar surface area (TPSA) is 64.1 Å². The van der Waals surface area contributed by atoms with Crippen molar-refractivity contribution in [3.8, 4) is 0 Å².